The second kappa shape index (κ2) is 5.37. The Kier molecular flexibility index (Phi) is 3.63. The number of hydrogen-bond donors (Lipinski definition) is 0. The Bertz CT molecular complexity index is 597. The van der Waals surface area contributed by atoms with Gasteiger partial charge in [0.2, 0.25) is 5.91 Å². The number of fused-ring (bicyclic) bond motifs is 5. The number of hydrogen-bond acceptors (Lipinski definition) is 2. The first kappa shape index (κ1) is 16.2. The molecule has 24 heavy (non-hydrogen) atoms. The maximum absolute atomic E-state index is 12.2. The van der Waals surface area contributed by atoms with Crippen molar-refractivity contribution in [2.24, 2.45) is 28.6 Å². The van der Waals surface area contributed by atoms with Crippen LogP contribution < -0.4 is 0 Å². The van der Waals surface area contributed by atoms with Crippen molar-refractivity contribution in [2.75, 3.05) is 7.05 Å². The van der Waals surface area contributed by atoms with Crippen LogP contribution in [0.5, 0.6) is 0 Å². The number of ether oxygens (including phenoxy) is 1. The molecule has 0 bridgehead atoms. The Morgan fingerprint density at radius 1 is 1.25 bits per heavy atom. The molecule has 0 N–H and O–H groups in total. The monoisotopic (exact) mass is 329 g/mol. The van der Waals surface area contributed by atoms with Gasteiger partial charge < -0.3 is 9.64 Å². The third-order valence-electron chi connectivity index (χ3n) is 8.19. The van der Waals surface area contributed by atoms with E-state index in [2.05, 4.69) is 26.5 Å². The number of allylic oxidation sites excluding steroid dienone is 2. The van der Waals surface area contributed by atoms with Crippen LogP contribution in [0.2, 0.25) is 0 Å². The van der Waals surface area contributed by atoms with Crippen LogP contribution >= 0.6 is 0 Å². The summed E-state index contributed by atoms with van der Waals surface area (Å²) < 4.78 is 5.91. The molecule has 0 spiro atoms. The normalized spacial score (nSPS) is 47.4. The van der Waals surface area contributed by atoms with E-state index in [1.807, 2.05) is 11.9 Å². The molecule has 2 saturated carbocycles. The Morgan fingerprint density at radius 2 is 2.04 bits per heavy atom. The summed E-state index contributed by atoms with van der Waals surface area (Å²) >= 11 is 0. The molecule has 0 radical (unpaired) electrons. The summed E-state index contributed by atoms with van der Waals surface area (Å²) in [6.07, 6.45) is 12.2. The van der Waals surface area contributed by atoms with Gasteiger partial charge in [0.1, 0.15) is 6.10 Å². The lowest BCUT2D eigenvalue weighted by molar-refractivity contribution is -0.136. The topological polar surface area (TPSA) is 29.5 Å². The molecule has 4 rings (SSSR count). The second-order valence-electron chi connectivity index (χ2n) is 8.99. The van der Waals surface area contributed by atoms with Gasteiger partial charge in [0.15, 0.2) is 0 Å². The van der Waals surface area contributed by atoms with Crippen molar-refractivity contribution in [1.29, 1.82) is 0 Å². The van der Waals surface area contributed by atoms with Crippen LogP contribution in [-0.2, 0) is 9.53 Å². The van der Waals surface area contributed by atoms with Gasteiger partial charge >= 0.3 is 0 Å². The molecule has 1 heterocycles. The zero-order valence-corrected chi connectivity index (χ0v) is 15.4. The maximum Gasteiger partial charge on any atom is 0.226 e. The van der Waals surface area contributed by atoms with E-state index < -0.39 is 0 Å². The highest BCUT2D eigenvalue weighted by Crippen LogP contribution is 2.64. The van der Waals surface area contributed by atoms with E-state index in [0.29, 0.717) is 23.9 Å². The van der Waals surface area contributed by atoms with Gasteiger partial charge in [-0.15, -0.1) is 0 Å². The summed E-state index contributed by atoms with van der Waals surface area (Å²) in [5.74, 6) is 2.50. The molecule has 1 saturated heterocycles. The minimum atomic E-state index is 0.185. The average molecular weight is 329 g/mol. The van der Waals surface area contributed by atoms with Gasteiger partial charge in [-0.2, -0.15) is 0 Å². The first-order valence-electron chi connectivity index (χ1n) is 9.65. The van der Waals surface area contributed by atoms with Gasteiger partial charge in [-0.1, -0.05) is 26.5 Å². The predicted octanol–water partition coefficient (Wildman–Crippen LogP) is 4.50. The molecule has 6 atom stereocenters. The zero-order chi connectivity index (χ0) is 17.1. The van der Waals surface area contributed by atoms with Crippen LogP contribution in [0.15, 0.2) is 24.6 Å². The Labute approximate surface area is 146 Å². The van der Waals surface area contributed by atoms with Crippen molar-refractivity contribution in [3.8, 4) is 0 Å². The standard InChI is InChI=1S/C21H31NO2/c1-5-24-18-9-7-15-14-6-8-17-20(2,13-11-19(23)22(17)4)16(14)10-12-21(15,18)3/h5,8,14-16,18H,1,6-7,9-13H2,2-4H3. The Morgan fingerprint density at radius 3 is 2.79 bits per heavy atom. The Hall–Kier alpha value is -1.25. The molecule has 3 nitrogen and oxygen atoms in total. The van der Waals surface area contributed by atoms with Gasteiger partial charge in [-0.3, -0.25) is 4.79 Å². The van der Waals surface area contributed by atoms with Gasteiger partial charge in [0.05, 0.1) is 6.26 Å². The van der Waals surface area contributed by atoms with E-state index in [9.17, 15) is 4.79 Å². The van der Waals surface area contributed by atoms with Crippen LogP contribution in [0, 0.1) is 28.6 Å². The number of nitrogens with zero attached hydrogens (tertiary/aromatic N) is 1. The average Bonchev–Trinajstić information content (AvgIpc) is 2.89. The highest BCUT2D eigenvalue weighted by Gasteiger charge is 2.59. The van der Waals surface area contributed by atoms with Crippen LogP contribution in [0.25, 0.3) is 0 Å². The summed E-state index contributed by atoms with van der Waals surface area (Å²) in [6, 6.07) is 0. The lowest BCUT2D eigenvalue weighted by Crippen LogP contribution is -2.54. The first-order chi connectivity index (χ1) is 11.4. The van der Waals surface area contributed by atoms with Crippen molar-refractivity contribution in [1.82, 2.24) is 4.90 Å². The number of carbonyl (C=O) groups is 1. The number of piperidine rings is 1. The van der Waals surface area contributed by atoms with E-state index in [4.69, 9.17) is 4.74 Å². The third kappa shape index (κ3) is 1.99. The van der Waals surface area contributed by atoms with E-state index in [-0.39, 0.29) is 11.3 Å². The van der Waals surface area contributed by atoms with Crippen molar-refractivity contribution in [3.63, 3.8) is 0 Å². The van der Waals surface area contributed by atoms with E-state index in [1.54, 1.807) is 6.26 Å². The molecule has 3 aliphatic carbocycles. The van der Waals surface area contributed by atoms with Gasteiger partial charge in [-0.05, 0) is 56.3 Å². The zero-order valence-electron chi connectivity index (χ0n) is 15.4. The summed E-state index contributed by atoms with van der Waals surface area (Å²) in [5.41, 5.74) is 1.79. The molecule has 1 amide bonds. The fourth-order valence-corrected chi connectivity index (χ4v) is 6.87. The molecule has 1 aliphatic heterocycles. The third-order valence-corrected chi connectivity index (χ3v) is 8.19. The van der Waals surface area contributed by atoms with E-state index >= 15 is 0 Å². The molecular weight excluding hydrogens is 298 g/mol. The highest BCUT2D eigenvalue weighted by atomic mass is 16.5. The molecule has 6 unspecified atom stereocenters. The molecule has 132 valence electrons. The van der Waals surface area contributed by atoms with Gasteiger partial charge in [-0.25, -0.2) is 0 Å². The summed E-state index contributed by atoms with van der Waals surface area (Å²) in [6.45, 7) is 8.66. The van der Waals surface area contributed by atoms with Gasteiger partial charge in [0, 0.05) is 30.0 Å². The number of carbonyl (C=O) groups excluding carboxylic acids is 1. The molecule has 0 aromatic rings. The minimum Gasteiger partial charge on any atom is -0.498 e. The van der Waals surface area contributed by atoms with Crippen LogP contribution in [0.4, 0.5) is 0 Å². The second-order valence-corrected chi connectivity index (χ2v) is 8.99. The van der Waals surface area contributed by atoms with E-state index in [0.717, 1.165) is 24.7 Å². The number of amides is 1. The van der Waals surface area contributed by atoms with Crippen LogP contribution in [-0.4, -0.2) is 24.0 Å². The summed E-state index contributed by atoms with van der Waals surface area (Å²) in [7, 11) is 1.97. The minimum absolute atomic E-state index is 0.185. The number of likely N-dealkylation sites (tertiary alicyclic amines) is 1. The fourth-order valence-electron chi connectivity index (χ4n) is 6.87. The van der Waals surface area contributed by atoms with Crippen LogP contribution in [0.1, 0.15) is 58.8 Å². The van der Waals surface area contributed by atoms with Crippen molar-refractivity contribution in [2.45, 2.75) is 64.9 Å². The highest BCUT2D eigenvalue weighted by molar-refractivity contribution is 5.79. The molecule has 0 aromatic carbocycles. The maximum atomic E-state index is 12.2. The summed E-state index contributed by atoms with van der Waals surface area (Å²) in [5, 5.41) is 0. The van der Waals surface area contributed by atoms with Crippen molar-refractivity contribution >= 4 is 5.91 Å². The first-order valence-corrected chi connectivity index (χ1v) is 9.65. The quantitative estimate of drug-likeness (QED) is 0.698. The lowest BCUT2D eigenvalue weighted by Gasteiger charge is -2.58. The molecule has 3 fully saturated rings. The fraction of sp³-hybridized carbons (Fsp3) is 0.762. The molecular formula is C21H31NO2. The van der Waals surface area contributed by atoms with Gasteiger partial charge in [0.25, 0.3) is 0 Å². The van der Waals surface area contributed by atoms with Crippen molar-refractivity contribution < 1.29 is 9.53 Å². The lowest BCUT2D eigenvalue weighted by atomic mass is 9.49. The summed E-state index contributed by atoms with van der Waals surface area (Å²) in [4.78, 5) is 14.1. The SMILES string of the molecule is C=COC1CCC2C3CC=C4N(C)C(=O)CCC4(C)C3CCC12C. The van der Waals surface area contributed by atoms with E-state index in [1.165, 1.54) is 31.4 Å². The predicted molar refractivity (Wildman–Crippen MR) is 94.9 cm³/mol. The molecule has 3 heteroatoms. The number of rotatable bonds is 2. The Balaban J connectivity index is 1.67. The largest absolute Gasteiger partial charge is 0.498 e. The van der Waals surface area contributed by atoms with Crippen molar-refractivity contribution in [3.05, 3.63) is 24.6 Å². The van der Waals surface area contributed by atoms with Crippen LogP contribution in [0.3, 0.4) is 0 Å². The molecule has 0 aromatic heterocycles. The molecule has 4 aliphatic rings. The smallest absolute Gasteiger partial charge is 0.226 e.